The lowest BCUT2D eigenvalue weighted by molar-refractivity contribution is 0.102. The van der Waals surface area contributed by atoms with E-state index in [4.69, 9.17) is 11.6 Å². The van der Waals surface area contributed by atoms with Crippen LogP contribution < -0.4 is 5.32 Å². The van der Waals surface area contributed by atoms with Crippen molar-refractivity contribution < 1.29 is 4.79 Å². The minimum Gasteiger partial charge on any atom is -0.322 e. The summed E-state index contributed by atoms with van der Waals surface area (Å²) in [6.45, 7) is 3.81. The van der Waals surface area contributed by atoms with Gasteiger partial charge in [-0.15, -0.1) is 10.2 Å². The fraction of sp³-hybridized carbons (Fsp3) is 0.111. The summed E-state index contributed by atoms with van der Waals surface area (Å²) < 4.78 is 1.71. The summed E-state index contributed by atoms with van der Waals surface area (Å²) in [5.74, 6) is 0.557. The van der Waals surface area contributed by atoms with Crippen LogP contribution in [0, 0.1) is 13.8 Å². The minimum atomic E-state index is -0.184. The molecule has 8 heteroatoms. The van der Waals surface area contributed by atoms with Gasteiger partial charge in [-0.3, -0.25) is 4.79 Å². The normalized spacial score (nSPS) is 11.0. The van der Waals surface area contributed by atoms with Gasteiger partial charge in [-0.1, -0.05) is 35.1 Å². The highest BCUT2D eigenvalue weighted by molar-refractivity contribution is 7.19. The Bertz CT molecular complexity index is 1120. The molecular formula is C18H14ClN5OS. The average molecular weight is 384 g/mol. The highest BCUT2D eigenvalue weighted by Gasteiger charge is 2.13. The van der Waals surface area contributed by atoms with Gasteiger partial charge in [0.15, 0.2) is 5.82 Å². The maximum Gasteiger partial charge on any atom is 0.255 e. The van der Waals surface area contributed by atoms with Crippen molar-refractivity contribution in [2.45, 2.75) is 13.8 Å². The van der Waals surface area contributed by atoms with Crippen LogP contribution in [0.15, 0.2) is 42.5 Å². The van der Waals surface area contributed by atoms with Crippen LogP contribution in [0.4, 0.5) is 5.69 Å². The van der Waals surface area contributed by atoms with E-state index < -0.39 is 0 Å². The van der Waals surface area contributed by atoms with E-state index in [1.54, 1.807) is 28.8 Å². The number of aromatic nitrogens is 4. The Morgan fingerprint density at radius 1 is 1.12 bits per heavy atom. The van der Waals surface area contributed by atoms with Crippen molar-refractivity contribution in [3.63, 3.8) is 0 Å². The summed E-state index contributed by atoms with van der Waals surface area (Å²) in [6, 6.07) is 12.6. The molecule has 0 aliphatic heterocycles. The number of hydrogen-bond donors (Lipinski definition) is 1. The maximum absolute atomic E-state index is 12.5. The van der Waals surface area contributed by atoms with Gasteiger partial charge in [0, 0.05) is 21.8 Å². The Labute approximate surface area is 158 Å². The van der Waals surface area contributed by atoms with Crippen LogP contribution in [0.2, 0.25) is 5.02 Å². The Morgan fingerprint density at radius 2 is 1.88 bits per heavy atom. The maximum atomic E-state index is 12.5. The highest BCUT2D eigenvalue weighted by atomic mass is 35.5. The first-order chi connectivity index (χ1) is 12.5. The summed E-state index contributed by atoms with van der Waals surface area (Å²) in [5.41, 5.74) is 3.17. The molecule has 0 atom stereocenters. The first-order valence-electron chi connectivity index (χ1n) is 7.88. The van der Waals surface area contributed by atoms with Crippen molar-refractivity contribution in [1.29, 1.82) is 0 Å². The summed E-state index contributed by atoms with van der Waals surface area (Å²) in [7, 11) is 0. The zero-order valence-electron chi connectivity index (χ0n) is 14.0. The van der Waals surface area contributed by atoms with E-state index in [0.717, 1.165) is 32.6 Å². The van der Waals surface area contributed by atoms with Crippen LogP contribution in [-0.4, -0.2) is 25.7 Å². The zero-order chi connectivity index (χ0) is 18.3. The lowest BCUT2D eigenvalue weighted by atomic mass is 10.1. The zero-order valence-corrected chi connectivity index (χ0v) is 15.6. The fourth-order valence-electron chi connectivity index (χ4n) is 2.52. The number of aryl methyl sites for hydroxylation is 2. The summed E-state index contributed by atoms with van der Waals surface area (Å²) in [6.07, 6.45) is 0. The molecule has 0 unspecified atom stereocenters. The number of amides is 1. The topological polar surface area (TPSA) is 72.2 Å². The molecule has 0 saturated carbocycles. The van der Waals surface area contributed by atoms with Crippen molar-refractivity contribution in [2.75, 3.05) is 5.32 Å². The smallest absolute Gasteiger partial charge is 0.255 e. The van der Waals surface area contributed by atoms with Crippen LogP contribution in [0.5, 0.6) is 0 Å². The SMILES string of the molecule is Cc1ccc(-c2nn3c(C)nnc3s2)cc1NC(=O)c1ccc(Cl)cc1. The number of nitrogens with one attached hydrogen (secondary N) is 1. The second-order valence-electron chi connectivity index (χ2n) is 5.84. The predicted molar refractivity (Wildman–Crippen MR) is 103 cm³/mol. The molecular weight excluding hydrogens is 370 g/mol. The van der Waals surface area contributed by atoms with E-state index in [-0.39, 0.29) is 5.91 Å². The summed E-state index contributed by atoms with van der Waals surface area (Å²) in [4.78, 5) is 13.2. The molecule has 1 N–H and O–H groups in total. The van der Waals surface area contributed by atoms with Gasteiger partial charge in [0.1, 0.15) is 5.01 Å². The minimum absolute atomic E-state index is 0.184. The van der Waals surface area contributed by atoms with Gasteiger partial charge in [-0.05, 0) is 49.7 Å². The monoisotopic (exact) mass is 383 g/mol. The summed E-state index contributed by atoms with van der Waals surface area (Å²) >= 11 is 7.33. The lowest BCUT2D eigenvalue weighted by Crippen LogP contribution is -2.12. The standard InChI is InChI=1S/C18H14ClN5OS/c1-10-3-4-13(17-23-24-11(2)21-22-18(24)26-17)9-15(10)20-16(25)12-5-7-14(19)8-6-12/h3-9H,1-2H3,(H,20,25). The number of nitrogens with zero attached hydrogens (tertiary/aromatic N) is 4. The van der Waals surface area contributed by atoms with E-state index in [0.29, 0.717) is 10.6 Å². The second-order valence-corrected chi connectivity index (χ2v) is 7.23. The van der Waals surface area contributed by atoms with Crippen LogP contribution in [0.3, 0.4) is 0 Å². The van der Waals surface area contributed by atoms with Crippen LogP contribution >= 0.6 is 22.9 Å². The molecule has 0 aliphatic rings. The van der Waals surface area contributed by atoms with Gasteiger partial charge in [0.2, 0.25) is 4.96 Å². The third-order valence-corrected chi connectivity index (χ3v) is 5.19. The molecule has 4 aromatic rings. The number of fused-ring (bicyclic) bond motifs is 1. The third-order valence-electron chi connectivity index (χ3n) is 3.99. The van der Waals surface area contributed by atoms with Crippen molar-refractivity contribution in [2.24, 2.45) is 0 Å². The number of halogens is 1. The van der Waals surface area contributed by atoms with Crippen molar-refractivity contribution in [3.05, 3.63) is 64.4 Å². The molecule has 2 heterocycles. The van der Waals surface area contributed by atoms with Crippen LogP contribution in [0.25, 0.3) is 15.5 Å². The molecule has 0 bridgehead atoms. The van der Waals surface area contributed by atoms with Crippen molar-refractivity contribution >= 4 is 39.5 Å². The lowest BCUT2D eigenvalue weighted by Gasteiger charge is -2.10. The molecule has 1 amide bonds. The van der Waals surface area contributed by atoms with Gasteiger partial charge in [0.25, 0.3) is 5.91 Å². The van der Waals surface area contributed by atoms with E-state index >= 15 is 0 Å². The largest absolute Gasteiger partial charge is 0.322 e. The molecule has 0 saturated heterocycles. The third kappa shape index (κ3) is 3.07. The molecule has 130 valence electrons. The number of rotatable bonds is 3. The number of carbonyl (C=O) groups is 1. The Balaban J connectivity index is 1.65. The van der Waals surface area contributed by atoms with Gasteiger partial charge < -0.3 is 5.32 Å². The van der Waals surface area contributed by atoms with E-state index in [2.05, 4.69) is 20.6 Å². The molecule has 4 rings (SSSR count). The summed E-state index contributed by atoms with van der Waals surface area (Å²) in [5, 5.41) is 17.0. The molecule has 0 aliphatic carbocycles. The number of hydrogen-bond acceptors (Lipinski definition) is 5. The quantitative estimate of drug-likeness (QED) is 0.570. The average Bonchev–Trinajstić information content (AvgIpc) is 3.20. The van der Waals surface area contributed by atoms with E-state index in [1.165, 1.54) is 11.3 Å². The van der Waals surface area contributed by atoms with Crippen LogP contribution in [-0.2, 0) is 0 Å². The molecule has 0 radical (unpaired) electrons. The van der Waals surface area contributed by atoms with Crippen molar-refractivity contribution in [3.8, 4) is 10.6 Å². The first-order valence-corrected chi connectivity index (χ1v) is 9.07. The molecule has 2 aromatic carbocycles. The molecule has 26 heavy (non-hydrogen) atoms. The number of benzene rings is 2. The van der Waals surface area contributed by atoms with Crippen LogP contribution in [0.1, 0.15) is 21.7 Å². The van der Waals surface area contributed by atoms with Gasteiger partial charge in [-0.25, -0.2) is 0 Å². The molecule has 2 aromatic heterocycles. The fourth-order valence-corrected chi connectivity index (χ4v) is 3.52. The number of carbonyl (C=O) groups excluding carboxylic acids is 1. The van der Waals surface area contributed by atoms with Gasteiger partial charge >= 0.3 is 0 Å². The molecule has 0 fully saturated rings. The highest BCUT2D eigenvalue weighted by Crippen LogP contribution is 2.29. The van der Waals surface area contributed by atoms with E-state index in [9.17, 15) is 4.79 Å². The number of anilines is 1. The second kappa shape index (κ2) is 6.51. The Hall–Kier alpha value is -2.77. The molecule has 0 spiro atoms. The predicted octanol–water partition coefficient (Wildman–Crippen LogP) is 4.38. The first kappa shape index (κ1) is 16.7. The Kier molecular flexibility index (Phi) is 4.18. The van der Waals surface area contributed by atoms with Gasteiger partial charge in [-0.2, -0.15) is 9.61 Å². The van der Waals surface area contributed by atoms with Crippen molar-refractivity contribution in [1.82, 2.24) is 19.8 Å². The van der Waals surface area contributed by atoms with E-state index in [1.807, 2.05) is 32.0 Å². The van der Waals surface area contributed by atoms with Gasteiger partial charge in [0.05, 0.1) is 0 Å². The Morgan fingerprint density at radius 3 is 2.62 bits per heavy atom. The molecule has 6 nitrogen and oxygen atoms in total.